The molecule has 1 rings (SSSR count). The van der Waals surface area contributed by atoms with E-state index in [2.05, 4.69) is 63.1 Å². The Morgan fingerprint density at radius 2 is 1.50 bits per heavy atom. The van der Waals surface area contributed by atoms with Crippen molar-refractivity contribution >= 4 is 63.1 Å². The molecule has 0 aromatic carbocycles. The summed E-state index contributed by atoms with van der Waals surface area (Å²) in [6.07, 6.45) is 0.0186. The number of hydrogen-bond donors (Lipinski definition) is 5. The van der Waals surface area contributed by atoms with Crippen molar-refractivity contribution in [1.82, 2.24) is 0 Å². The van der Waals surface area contributed by atoms with Gasteiger partial charge in [0.25, 0.3) is 0 Å². The summed E-state index contributed by atoms with van der Waals surface area (Å²) in [5.74, 6) is 0.642. The SMILES string of the molecule is SCC1OC(S)C(S)C(S)C1S. The average molecular weight is 260 g/mol. The van der Waals surface area contributed by atoms with Gasteiger partial charge in [-0.15, -0.1) is 12.6 Å². The first-order valence-electron chi connectivity index (χ1n) is 3.56. The lowest BCUT2D eigenvalue weighted by Gasteiger charge is -2.39. The van der Waals surface area contributed by atoms with Gasteiger partial charge in [-0.1, -0.05) is 0 Å². The third-order valence-corrected chi connectivity index (χ3v) is 5.26. The van der Waals surface area contributed by atoms with Crippen LogP contribution < -0.4 is 0 Å². The third kappa shape index (κ3) is 2.39. The zero-order valence-corrected chi connectivity index (χ0v) is 10.7. The maximum Gasteiger partial charge on any atom is 0.113 e. The zero-order chi connectivity index (χ0) is 9.30. The van der Waals surface area contributed by atoms with E-state index in [0.29, 0.717) is 5.75 Å². The smallest absolute Gasteiger partial charge is 0.113 e. The summed E-state index contributed by atoms with van der Waals surface area (Å²) in [7, 11) is 0. The predicted octanol–water partition coefficient (Wildman–Crippen LogP) is 1.47. The van der Waals surface area contributed by atoms with Crippen LogP contribution in [0.5, 0.6) is 0 Å². The second-order valence-corrected chi connectivity index (χ2v) is 5.38. The van der Waals surface area contributed by atoms with Gasteiger partial charge in [0.2, 0.25) is 0 Å². The van der Waals surface area contributed by atoms with E-state index in [-0.39, 0.29) is 27.3 Å². The maximum atomic E-state index is 5.52. The van der Waals surface area contributed by atoms with Crippen LogP contribution in [0.2, 0.25) is 0 Å². The molecule has 1 heterocycles. The lowest BCUT2D eigenvalue weighted by atomic mass is 10.1. The average Bonchev–Trinajstić information content (AvgIpc) is 2.08. The van der Waals surface area contributed by atoms with Crippen LogP contribution in [0, 0.1) is 0 Å². The van der Waals surface area contributed by atoms with Gasteiger partial charge >= 0.3 is 0 Å². The molecule has 0 amide bonds. The van der Waals surface area contributed by atoms with E-state index in [4.69, 9.17) is 4.74 Å². The number of thiol groups is 5. The number of hydrogen-bond acceptors (Lipinski definition) is 6. The summed E-state index contributed by atoms with van der Waals surface area (Å²) in [5, 5.41) is 0.206. The quantitative estimate of drug-likeness (QED) is 0.449. The van der Waals surface area contributed by atoms with Crippen molar-refractivity contribution in [3.63, 3.8) is 0 Å². The molecule has 0 spiro atoms. The second-order valence-electron chi connectivity index (χ2n) is 2.72. The van der Waals surface area contributed by atoms with Crippen molar-refractivity contribution in [2.75, 3.05) is 5.75 Å². The minimum Gasteiger partial charge on any atom is -0.361 e. The Bertz CT molecular complexity index is 150. The molecule has 1 nitrogen and oxygen atoms in total. The highest BCUT2D eigenvalue weighted by Crippen LogP contribution is 2.33. The van der Waals surface area contributed by atoms with E-state index >= 15 is 0 Å². The first-order valence-corrected chi connectivity index (χ1v) is 6.26. The highest BCUT2D eigenvalue weighted by molar-refractivity contribution is 7.88. The van der Waals surface area contributed by atoms with Gasteiger partial charge in [-0.3, -0.25) is 0 Å². The van der Waals surface area contributed by atoms with E-state index in [0.717, 1.165) is 0 Å². The van der Waals surface area contributed by atoms with Crippen LogP contribution in [0.1, 0.15) is 0 Å². The Labute approximate surface area is 100 Å². The maximum absolute atomic E-state index is 5.52. The molecule has 0 N–H and O–H groups in total. The Balaban J connectivity index is 2.63. The third-order valence-electron chi connectivity index (χ3n) is 1.87. The summed E-state index contributed by atoms with van der Waals surface area (Å²) in [6.45, 7) is 0. The van der Waals surface area contributed by atoms with Crippen molar-refractivity contribution in [3.05, 3.63) is 0 Å². The van der Waals surface area contributed by atoms with Crippen LogP contribution in [0.3, 0.4) is 0 Å². The summed E-state index contributed by atoms with van der Waals surface area (Å²) >= 11 is 21.6. The topological polar surface area (TPSA) is 9.23 Å². The molecule has 1 saturated heterocycles. The Morgan fingerprint density at radius 1 is 0.917 bits per heavy atom. The minimum absolute atomic E-state index is 0.0186. The normalized spacial score (nSPS) is 49.2. The lowest BCUT2D eigenvalue weighted by molar-refractivity contribution is 0.0248. The molecule has 0 aromatic heterocycles. The van der Waals surface area contributed by atoms with Gasteiger partial charge in [0.15, 0.2) is 0 Å². The molecule has 1 aliphatic rings. The van der Waals surface area contributed by atoms with Gasteiger partial charge in [-0.25, -0.2) is 0 Å². The van der Waals surface area contributed by atoms with Gasteiger partial charge in [0.05, 0.1) is 6.10 Å². The highest BCUT2D eigenvalue weighted by atomic mass is 32.1. The van der Waals surface area contributed by atoms with Crippen LogP contribution in [0.15, 0.2) is 0 Å². The Hall–Kier alpha value is 1.71. The van der Waals surface area contributed by atoms with Crippen LogP contribution in [-0.2, 0) is 4.74 Å². The van der Waals surface area contributed by atoms with Gasteiger partial charge in [-0.2, -0.15) is 50.5 Å². The van der Waals surface area contributed by atoms with Gasteiger partial charge < -0.3 is 4.74 Å². The highest BCUT2D eigenvalue weighted by Gasteiger charge is 2.38. The van der Waals surface area contributed by atoms with E-state index in [9.17, 15) is 0 Å². The molecule has 12 heavy (non-hydrogen) atoms. The molecule has 1 fully saturated rings. The van der Waals surface area contributed by atoms with Crippen molar-refractivity contribution in [3.8, 4) is 0 Å². The molecule has 5 atom stereocenters. The largest absolute Gasteiger partial charge is 0.361 e. The minimum atomic E-state index is -0.170. The summed E-state index contributed by atoms with van der Waals surface area (Å²) < 4.78 is 5.52. The van der Waals surface area contributed by atoms with Crippen LogP contribution in [-0.4, -0.2) is 33.0 Å². The van der Waals surface area contributed by atoms with E-state index in [1.54, 1.807) is 0 Å². The molecular weight excluding hydrogens is 248 g/mol. The molecule has 72 valence electrons. The molecule has 0 radical (unpaired) electrons. The van der Waals surface area contributed by atoms with Crippen molar-refractivity contribution in [1.29, 1.82) is 0 Å². The molecule has 1 aliphatic heterocycles. The summed E-state index contributed by atoms with van der Waals surface area (Å²) in [4.78, 5) is 0. The molecule has 6 heteroatoms. The van der Waals surface area contributed by atoms with Crippen LogP contribution >= 0.6 is 63.1 Å². The predicted molar refractivity (Wildman–Crippen MR) is 69.8 cm³/mol. The molecule has 0 aliphatic carbocycles. The van der Waals surface area contributed by atoms with Crippen molar-refractivity contribution < 1.29 is 4.74 Å². The Morgan fingerprint density at radius 3 is 2.00 bits per heavy atom. The molecular formula is C6H12OS5. The second kappa shape index (κ2) is 4.98. The van der Waals surface area contributed by atoms with E-state index < -0.39 is 0 Å². The van der Waals surface area contributed by atoms with E-state index in [1.165, 1.54) is 0 Å². The first kappa shape index (κ1) is 11.8. The Kier molecular flexibility index (Phi) is 4.89. The standard InChI is InChI=1S/C6H12OS5/c8-1-2-3(9)4(10)5(11)6(12)7-2/h2-6,8-12H,1H2. The molecule has 5 unspecified atom stereocenters. The molecule has 0 bridgehead atoms. The monoisotopic (exact) mass is 260 g/mol. The van der Waals surface area contributed by atoms with Gasteiger partial charge in [0, 0.05) is 21.5 Å². The van der Waals surface area contributed by atoms with Crippen LogP contribution in [0.4, 0.5) is 0 Å². The number of rotatable bonds is 1. The van der Waals surface area contributed by atoms with E-state index in [1.807, 2.05) is 0 Å². The number of ether oxygens (including phenoxy) is 1. The molecule has 0 aromatic rings. The van der Waals surface area contributed by atoms with Gasteiger partial charge in [0.1, 0.15) is 5.44 Å². The van der Waals surface area contributed by atoms with Gasteiger partial charge in [-0.05, 0) is 0 Å². The fourth-order valence-electron chi connectivity index (χ4n) is 1.08. The van der Waals surface area contributed by atoms with Crippen molar-refractivity contribution in [2.45, 2.75) is 27.3 Å². The zero-order valence-electron chi connectivity index (χ0n) is 6.24. The lowest BCUT2D eigenvalue weighted by Crippen LogP contribution is -2.49. The fraction of sp³-hybridized carbons (Fsp3) is 1.00. The fourth-order valence-corrected chi connectivity index (χ4v) is 3.14. The molecule has 0 saturated carbocycles. The summed E-state index contributed by atoms with van der Waals surface area (Å²) in [5.41, 5.74) is -0.170. The first-order chi connectivity index (χ1) is 5.57. The summed E-state index contributed by atoms with van der Waals surface area (Å²) in [6, 6.07) is 0. The van der Waals surface area contributed by atoms with Crippen LogP contribution in [0.25, 0.3) is 0 Å². The van der Waals surface area contributed by atoms with Crippen molar-refractivity contribution in [2.24, 2.45) is 0 Å².